The number of methoxy groups -OCH3 is 1. The molecule has 0 fully saturated rings. The topological polar surface area (TPSA) is 88.4 Å². The van der Waals surface area contributed by atoms with Gasteiger partial charge in [0.15, 0.2) is 0 Å². The normalized spacial score (nSPS) is 11.5. The molecule has 0 saturated carbocycles. The number of aromatic amines is 1. The lowest BCUT2D eigenvalue weighted by molar-refractivity contribution is 0.316. The van der Waals surface area contributed by atoms with Gasteiger partial charge in [0.25, 0.3) is 11.3 Å². The molecule has 4 rings (SSSR count). The van der Waals surface area contributed by atoms with Gasteiger partial charge in [0.1, 0.15) is 17.6 Å². The maximum absolute atomic E-state index is 12.1. The summed E-state index contributed by atoms with van der Waals surface area (Å²) in [6, 6.07) is 9.44. The third-order valence-corrected chi connectivity index (χ3v) is 4.24. The molecule has 0 radical (unpaired) electrons. The molecular weight excluding hydrogens is 332 g/mol. The van der Waals surface area contributed by atoms with Crippen molar-refractivity contribution in [3.63, 3.8) is 0 Å². The molecule has 0 spiro atoms. The summed E-state index contributed by atoms with van der Waals surface area (Å²) < 4.78 is 6.71. The van der Waals surface area contributed by atoms with Crippen LogP contribution in [-0.2, 0) is 13.1 Å². The van der Waals surface area contributed by atoms with Crippen LogP contribution < -0.4 is 10.3 Å². The second-order valence-corrected chi connectivity index (χ2v) is 6.11. The van der Waals surface area contributed by atoms with Crippen molar-refractivity contribution in [2.75, 3.05) is 14.2 Å². The van der Waals surface area contributed by atoms with E-state index >= 15 is 0 Å². The molecule has 8 heteroatoms. The van der Waals surface area contributed by atoms with E-state index in [1.807, 2.05) is 31.3 Å². The summed E-state index contributed by atoms with van der Waals surface area (Å²) in [5, 5.41) is 3.79. The Morgan fingerprint density at radius 3 is 2.96 bits per heavy atom. The van der Waals surface area contributed by atoms with Gasteiger partial charge in [-0.25, -0.2) is 9.97 Å². The van der Waals surface area contributed by atoms with Crippen molar-refractivity contribution in [3.05, 3.63) is 64.5 Å². The van der Waals surface area contributed by atoms with E-state index in [4.69, 9.17) is 4.74 Å². The van der Waals surface area contributed by atoms with E-state index < -0.39 is 0 Å². The molecule has 1 aromatic carbocycles. The molecule has 4 aromatic rings. The lowest BCUT2D eigenvalue weighted by Crippen LogP contribution is -2.22. The minimum atomic E-state index is -0.171. The number of fused-ring (bicyclic) bond motifs is 2. The minimum absolute atomic E-state index is 0.171. The number of ether oxygens (including phenoxy) is 1. The first-order valence-corrected chi connectivity index (χ1v) is 8.17. The van der Waals surface area contributed by atoms with E-state index in [2.05, 4.69) is 25.0 Å². The first-order valence-electron chi connectivity index (χ1n) is 8.17. The summed E-state index contributed by atoms with van der Waals surface area (Å²) in [6.07, 6.45) is 3.21. The molecule has 26 heavy (non-hydrogen) atoms. The van der Waals surface area contributed by atoms with Gasteiger partial charge in [-0.2, -0.15) is 4.52 Å². The first kappa shape index (κ1) is 16.2. The molecule has 0 saturated heterocycles. The van der Waals surface area contributed by atoms with Gasteiger partial charge < -0.3 is 4.74 Å². The van der Waals surface area contributed by atoms with Crippen molar-refractivity contribution in [1.82, 2.24) is 29.5 Å². The summed E-state index contributed by atoms with van der Waals surface area (Å²) in [5.74, 6) is 1.13. The van der Waals surface area contributed by atoms with Crippen molar-refractivity contribution >= 4 is 16.7 Å². The van der Waals surface area contributed by atoms with E-state index in [-0.39, 0.29) is 5.56 Å². The third kappa shape index (κ3) is 2.91. The van der Waals surface area contributed by atoms with Gasteiger partial charge in [-0.15, -0.1) is 0 Å². The van der Waals surface area contributed by atoms with E-state index in [0.29, 0.717) is 24.6 Å². The van der Waals surface area contributed by atoms with Gasteiger partial charge in [-0.05, 0) is 24.7 Å². The maximum Gasteiger partial charge on any atom is 0.274 e. The molecule has 0 amide bonds. The van der Waals surface area contributed by atoms with Crippen molar-refractivity contribution in [2.45, 2.75) is 13.1 Å². The Morgan fingerprint density at radius 2 is 2.12 bits per heavy atom. The van der Waals surface area contributed by atoms with Crippen molar-refractivity contribution in [3.8, 4) is 5.75 Å². The number of rotatable bonds is 5. The Hall–Kier alpha value is -3.26. The monoisotopic (exact) mass is 350 g/mol. The van der Waals surface area contributed by atoms with Gasteiger partial charge in [0.05, 0.1) is 12.8 Å². The summed E-state index contributed by atoms with van der Waals surface area (Å²) >= 11 is 0. The number of pyridine rings is 1. The molecule has 3 aromatic heterocycles. The summed E-state index contributed by atoms with van der Waals surface area (Å²) in [6.45, 7) is 1.22. The Morgan fingerprint density at radius 1 is 1.23 bits per heavy atom. The van der Waals surface area contributed by atoms with Crippen LogP contribution in [0.25, 0.3) is 16.7 Å². The molecule has 0 aliphatic carbocycles. The zero-order valence-corrected chi connectivity index (χ0v) is 14.5. The van der Waals surface area contributed by atoms with Crippen molar-refractivity contribution < 1.29 is 4.74 Å². The molecule has 0 aliphatic heterocycles. The predicted molar refractivity (Wildman–Crippen MR) is 97.1 cm³/mol. The van der Waals surface area contributed by atoms with Crippen molar-refractivity contribution in [2.24, 2.45) is 0 Å². The lowest BCUT2D eigenvalue weighted by Gasteiger charge is -2.18. The van der Waals surface area contributed by atoms with E-state index in [0.717, 1.165) is 22.2 Å². The molecule has 0 atom stereocenters. The highest BCUT2D eigenvalue weighted by molar-refractivity contribution is 5.87. The largest absolute Gasteiger partial charge is 0.494 e. The SMILES string of the molecule is COc1ccc(CN(C)Cc2cc(=O)n3[nH]cnc3n2)c2cccnc12. The Bertz CT molecular complexity index is 1130. The average Bonchev–Trinajstić information content (AvgIpc) is 3.11. The first-order chi connectivity index (χ1) is 12.7. The van der Waals surface area contributed by atoms with Crippen LogP contribution in [0, 0.1) is 0 Å². The van der Waals surface area contributed by atoms with Crippen LogP contribution >= 0.6 is 0 Å². The number of hydrogen-bond donors (Lipinski definition) is 1. The summed E-state index contributed by atoms with van der Waals surface area (Å²) in [5.41, 5.74) is 2.49. The lowest BCUT2D eigenvalue weighted by atomic mass is 10.1. The number of nitrogens with zero attached hydrogens (tertiary/aromatic N) is 5. The van der Waals surface area contributed by atoms with Gasteiger partial charge >= 0.3 is 0 Å². The minimum Gasteiger partial charge on any atom is -0.494 e. The quantitative estimate of drug-likeness (QED) is 0.588. The number of nitrogens with one attached hydrogen (secondary N) is 1. The highest BCUT2D eigenvalue weighted by atomic mass is 16.5. The molecule has 1 N–H and O–H groups in total. The zero-order chi connectivity index (χ0) is 18.1. The average molecular weight is 350 g/mol. The molecule has 0 unspecified atom stereocenters. The van der Waals surface area contributed by atoms with Gasteiger partial charge in [0.2, 0.25) is 0 Å². The standard InChI is InChI=1S/C18H18N6O2/c1-23(10-13-8-16(25)24-18(22-13)20-11-21-24)9-12-5-6-15(26-2)17-14(12)4-3-7-19-17/h3-8,11H,9-10H2,1-2H3,(H,20,21,22). The van der Waals surface area contributed by atoms with Crippen LogP contribution in [0.4, 0.5) is 0 Å². The number of benzene rings is 1. The van der Waals surface area contributed by atoms with Gasteiger partial charge in [0, 0.05) is 30.7 Å². The highest BCUT2D eigenvalue weighted by Crippen LogP contribution is 2.27. The Labute approximate surface area is 149 Å². The molecule has 132 valence electrons. The van der Waals surface area contributed by atoms with E-state index in [1.165, 1.54) is 16.9 Å². The summed E-state index contributed by atoms with van der Waals surface area (Å²) in [7, 11) is 3.63. The summed E-state index contributed by atoms with van der Waals surface area (Å²) in [4.78, 5) is 27.0. The van der Waals surface area contributed by atoms with Crippen LogP contribution in [0.1, 0.15) is 11.3 Å². The maximum atomic E-state index is 12.1. The van der Waals surface area contributed by atoms with Crippen LogP contribution in [0.3, 0.4) is 0 Å². The zero-order valence-electron chi connectivity index (χ0n) is 14.5. The molecule has 8 nitrogen and oxygen atoms in total. The fraction of sp³-hybridized carbons (Fsp3) is 0.222. The second kappa shape index (κ2) is 6.57. The fourth-order valence-corrected chi connectivity index (χ4v) is 3.08. The second-order valence-electron chi connectivity index (χ2n) is 6.11. The van der Waals surface area contributed by atoms with Crippen molar-refractivity contribution in [1.29, 1.82) is 0 Å². The molecular formula is C18H18N6O2. The third-order valence-electron chi connectivity index (χ3n) is 4.24. The molecule has 0 aliphatic rings. The van der Waals surface area contributed by atoms with Gasteiger partial charge in [-0.3, -0.25) is 19.8 Å². The Balaban J connectivity index is 1.61. The highest BCUT2D eigenvalue weighted by Gasteiger charge is 2.11. The fourth-order valence-electron chi connectivity index (χ4n) is 3.08. The Kier molecular flexibility index (Phi) is 4.10. The number of H-pyrrole nitrogens is 1. The number of aromatic nitrogens is 5. The van der Waals surface area contributed by atoms with E-state index in [9.17, 15) is 4.79 Å². The van der Waals surface area contributed by atoms with Crippen LogP contribution in [0.15, 0.2) is 47.7 Å². The van der Waals surface area contributed by atoms with Crippen LogP contribution in [0.2, 0.25) is 0 Å². The molecule has 3 heterocycles. The van der Waals surface area contributed by atoms with E-state index in [1.54, 1.807) is 13.3 Å². The smallest absolute Gasteiger partial charge is 0.274 e. The van der Waals surface area contributed by atoms with Crippen LogP contribution in [-0.4, -0.2) is 43.6 Å². The van der Waals surface area contributed by atoms with Gasteiger partial charge in [-0.1, -0.05) is 12.1 Å². The van der Waals surface area contributed by atoms with Crippen LogP contribution in [0.5, 0.6) is 5.75 Å². The predicted octanol–water partition coefficient (Wildman–Crippen LogP) is 1.61. The molecule has 0 bridgehead atoms. The number of hydrogen-bond acceptors (Lipinski definition) is 6.